The third-order valence-electron chi connectivity index (χ3n) is 2.04. The summed E-state index contributed by atoms with van der Waals surface area (Å²) in [6, 6.07) is 0. The van der Waals surface area contributed by atoms with Crippen molar-refractivity contribution in [3.8, 4) is 0 Å². The molecule has 4 nitrogen and oxygen atoms in total. The Labute approximate surface area is 78.3 Å². The van der Waals surface area contributed by atoms with E-state index < -0.39 is 6.10 Å². The van der Waals surface area contributed by atoms with Crippen LogP contribution in [0.5, 0.6) is 0 Å². The maximum Gasteiger partial charge on any atom is 0.249 e. The minimum Gasteiger partial charge on any atom is -0.392 e. The first kappa shape index (κ1) is 10.5. The Hall–Kier alpha value is -0.610. The largest absolute Gasteiger partial charge is 0.392 e. The summed E-state index contributed by atoms with van der Waals surface area (Å²) in [7, 11) is 0. The molecule has 0 aromatic heterocycles. The molecule has 1 amide bonds. The number of aliphatic hydroxyl groups excluding tert-OH is 1. The lowest BCUT2D eigenvalue weighted by Crippen LogP contribution is -2.41. The molecule has 1 aliphatic heterocycles. The molecule has 0 aromatic rings. The Morgan fingerprint density at radius 1 is 1.69 bits per heavy atom. The molecule has 1 rings (SSSR count). The van der Waals surface area contributed by atoms with Gasteiger partial charge in [0.2, 0.25) is 5.91 Å². The zero-order chi connectivity index (χ0) is 9.68. The number of aliphatic hydroxyl groups is 1. The summed E-state index contributed by atoms with van der Waals surface area (Å²) in [5, 5.41) is 11.6. The number of carbonyl (C=O) groups excluding carboxylic acids is 1. The van der Waals surface area contributed by atoms with E-state index in [9.17, 15) is 4.79 Å². The quantitative estimate of drug-likeness (QED) is 0.656. The smallest absolute Gasteiger partial charge is 0.249 e. The zero-order valence-corrected chi connectivity index (χ0v) is 7.95. The summed E-state index contributed by atoms with van der Waals surface area (Å²) in [6.07, 6.45) is 2.10. The van der Waals surface area contributed by atoms with Crippen LogP contribution in [0.25, 0.3) is 0 Å². The number of ether oxygens (including phenoxy) is 1. The van der Waals surface area contributed by atoms with E-state index in [0.29, 0.717) is 13.2 Å². The van der Waals surface area contributed by atoms with Gasteiger partial charge in [0.05, 0.1) is 6.10 Å². The molecule has 2 atom stereocenters. The van der Waals surface area contributed by atoms with E-state index in [1.54, 1.807) is 6.92 Å². The minimum absolute atomic E-state index is 0.0967. The number of amides is 1. The third kappa shape index (κ3) is 3.74. The summed E-state index contributed by atoms with van der Waals surface area (Å²) in [5.41, 5.74) is 0. The van der Waals surface area contributed by atoms with Crippen LogP contribution in [0.1, 0.15) is 26.2 Å². The van der Waals surface area contributed by atoms with E-state index in [4.69, 9.17) is 9.84 Å². The molecule has 0 radical (unpaired) electrons. The van der Waals surface area contributed by atoms with Gasteiger partial charge < -0.3 is 15.2 Å². The number of carbonyl (C=O) groups is 1. The predicted octanol–water partition coefficient (Wildman–Crippen LogP) is 0.0525. The van der Waals surface area contributed by atoms with Crippen LogP contribution < -0.4 is 5.32 Å². The lowest BCUT2D eigenvalue weighted by molar-refractivity contribution is -0.135. The van der Waals surface area contributed by atoms with Gasteiger partial charge in [0.1, 0.15) is 6.10 Å². The number of rotatable bonds is 3. The summed E-state index contributed by atoms with van der Waals surface area (Å²) >= 11 is 0. The highest BCUT2D eigenvalue weighted by molar-refractivity contribution is 5.80. The summed E-state index contributed by atoms with van der Waals surface area (Å²) in [6.45, 7) is 2.62. The van der Waals surface area contributed by atoms with E-state index in [2.05, 4.69) is 5.32 Å². The fraction of sp³-hybridized carbons (Fsp3) is 0.889. The Morgan fingerprint density at radius 3 is 3.00 bits per heavy atom. The molecule has 1 unspecified atom stereocenters. The van der Waals surface area contributed by atoms with Crippen LogP contribution in [0.15, 0.2) is 0 Å². The van der Waals surface area contributed by atoms with Gasteiger partial charge in [-0.3, -0.25) is 4.79 Å². The number of hydrogen-bond acceptors (Lipinski definition) is 3. The molecule has 0 aromatic carbocycles. The van der Waals surface area contributed by atoms with Gasteiger partial charge in [-0.25, -0.2) is 0 Å². The molecule has 4 heteroatoms. The molecule has 1 fully saturated rings. The van der Waals surface area contributed by atoms with Gasteiger partial charge in [0.25, 0.3) is 0 Å². The molecule has 1 heterocycles. The Bertz CT molecular complexity index is 164. The van der Waals surface area contributed by atoms with Crippen molar-refractivity contribution in [3.05, 3.63) is 0 Å². The molecule has 0 spiro atoms. The second-order valence-electron chi connectivity index (χ2n) is 3.45. The number of nitrogens with one attached hydrogen (secondary N) is 1. The normalized spacial score (nSPS) is 25.2. The van der Waals surface area contributed by atoms with Crippen molar-refractivity contribution in [3.63, 3.8) is 0 Å². The average Bonchev–Trinajstić information content (AvgIpc) is 2.15. The topological polar surface area (TPSA) is 58.6 Å². The van der Waals surface area contributed by atoms with Crippen molar-refractivity contribution in [2.24, 2.45) is 0 Å². The van der Waals surface area contributed by atoms with E-state index >= 15 is 0 Å². The lowest BCUT2D eigenvalue weighted by atomic mass is 10.1. The van der Waals surface area contributed by atoms with Crippen LogP contribution >= 0.6 is 0 Å². The first-order valence-corrected chi connectivity index (χ1v) is 4.77. The third-order valence-corrected chi connectivity index (χ3v) is 2.04. The Kier molecular flexibility index (Phi) is 4.18. The van der Waals surface area contributed by atoms with Gasteiger partial charge in [0, 0.05) is 13.2 Å². The lowest BCUT2D eigenvalue weighted by Gasteiger charge is -2.21. The van der Waals surface area contributed by atoms with Crippen molar-refractivity contribution in [2.75, 3.05) is 13.2 Å². The monoisotopic (exact) mass is 187 g/mol. The summed E-state index contributed by atoms with van der Waals surface area (Å²) < 4.78 is 5.28. The van der Waals surface area contributed by atoms with Gasteiger partial charge in [-0.05, 0) is 26.2 Å². The van der Waals surface area contributed by atoms with Gasteiger partial charge in [0.15, 0.2) is 0 Å². The van der Waals surface area contributed by atoms with Gasteiger partial charge in [-0.2, -0.15) is 0 Å². The van der Waals surface area contributed by atoms with Gasteiger partial charge in [-0.15, -0.1) is 0 Å². The first-order valence-electron chi connectivity index (χ1n) is 4.77. The molecule has 0 aliphatic carbocycles. The first-order chi connectivity index (χ1) is 6.20. The van der Waals surface area contributed by atoms with Crippen LogP contribution in [-0.4, -0.2) is 36.4 Å². The highest BCUT2D eigenvalue weighted by Gasteiger charge is 2.21. The Morgan fingerprint density at radius 2 is 2.46 bits per heavy atom. The molecule has 76 valence electrons. The molecule has 0 saturated carbocycles. The van der Waals surface area contributed by atoms with E-state index in [0.717, 1.165) is 19.3 Å². The molecule has 1 saturated heterocycles. The van der Waals surface area contributed by atoms with Gasteiger partial charge in [-0.1, -0.05) is 0 Å². The maximum atomic E-state index is 11.4. The van der Waals surface area contributed by atoms with Gasteiger partial charge >= 0.3 is 0 Å². The van der Waals surface area contributed by atoms with Crippen molar-refractivity contribution in [1.82, 2.24) is 5.32 Å². The van der Waals surface area contributed by atoms with Crippen molar-refractivity contribution < 1.29 is 14.6 Å². The van der Waals surface area contributed by atoms with Crippen LogP contribution in [0.2, 0.25) is 0 Å². The van der Waals surface area contributed by atoms with E-state index in [1.807, 2.05) is 0 Å². The fourth-order valence-corrected chi connectivity index (χ4v) is 1.31. The zero-order valence-electron chi connectivity index (χ0n) is 7.95. The van der Waals surface area contributed by atoms with Crippen LogP contribution in [0, 0.1) is 0 Å². The average molecular weight is 187 g/mol. The molecule has 2 N–H and O–H groups in total. The van der Waals surface area contributed by atoms with Crippen LogP contribution in [0.4, 0.5) is 0 Å². The Balaban J connectivity index is 2.21. The van der Waals surface area contributed by atoms with Crippen LogP contribution in [-0.2, 0) is 9.53 Å². The molecular weight excluding hydrogens is 170 g/mol. The van der Waals surface area contributed by atoms with Crippen LogP contribution in [0.3, 0.4) is 0 Å². The SMILES string of the molecule is C[C@H](O)CNC(=O)C1CCCCO1. The van der Waals surface area contributed by atoms with Crippen molar-refractivity contribution >= 4 is 5.91 Å². The summed E-state index contributed by atoms with van der Waals surface area (Å²) in [4.78, 5) is 11.4. The predicted molar refractivity (Wildman–Crippen MR) is 48.3 cm³/mol. The second kappa shape index (κ2) is 5.19. The number of hydrogen-bond donors (Lipinski definition) is 2. The minimum atomic E-state index is -0.493. The maximum absolute atomic E-state index is 11.4. The highest BCUT2D eigenvalue weighted by atomic mass is 16.5. The van der Waals surface area contributed by atoms with Crippen molar-refractivity contribution in [1.29, 1.82) is 0 Å². The molecule has 0 bridgehead atoms. The molecule has 1 aliphatic rings. The second-order valence-corrected chi connectivity index (χ2v) is 3.45. The highest BCUT2D eigenvalue weighted by Crippen LogP contribution is 2.12. The molecule has 13 heavy (non-hydrogen) atoms. The van der Waals surface area contributed by atoms with E-state index in [-0.39, 0.29) is 12.0 Å². The molecular formula is C9H17NO3. The van der Waals surface area contributed by atoms with E-state index in [1.165, 1.54) is 0 Å². The standard InChI is InChI=1S/C9H17NO3/c1-7(11)6-10-9(12)8-4-2-3-5-13-8/h7-8,11H,2-6H2,1H3,(H,10,12)/t7-,8?/m0/s1. The summed E-state index contributed by atoms with van der Waals surface area (Å²) in [5.74, 6) is -0.0967. The fourth-order valence-electron chi connectivity index (χ4n) is 1.31. The van der Waals surface area contributed by atoms with Crippen molar-refractivity contribution in [2.45, 2.75) is 38.4 Å².